The van der Waals surface area contributed by atoms with Crippen LogP contribution in [-0.2, 0) is 6.42 Å². The molecule has 0 aromatic heterocycles. The summed E-state index contributed by atoms with van der Waals surface area (Å²) in [5.74, 6) is 0. The van der Waals surface area contributed by atoms with Crippen LogP contribution in [0.2, 0.25) is 0 Å². The van der Waals surface area contributed by atoms with Gasteiger partial charge in [-0.05, 0) is 51.9 Å². The van der Waals surface area contributed by atoms with Gasteiger partial charge in [-0.1, -0.05) is 91.0 Å². The molecule has 0 spiro atoms. The minimum Gasteiger partial charge on any atom is -0.399 e. The molecule has 0 saturated carbocycles. The van der Waals surface area contributed by atoms with E-state index in [1.54, 1.807) is 0 Å². The molecule has 0 unspecified atom stereocenters. The number of benzene rings is 4. The van der Waals surface area contributed by atoms with Crippen molar-refractivity contribution < 1.29 is 0 Å². The Morgan fingerprint density at radius 2 is 1.08 bits per heavy atom. The SMILES string of the molecule is Nc1ccc(-c2cccc3c2Cc2ccccc2-3)cc1.c1ccccc1. The molecule has 1 aliphatic rings. The normalized spacial score (nSPS) is 11.1. The molecule has 1 nitrogen and oxygen atoms in total. The summed E-state index contributed by atoms with van der Waals surface area (Å²) in [5.41, 5.74) is 14.8. The summed E-state index contributed by atoms with van der Waals surface area (Å²) in [6.07, 6.45) is 1.02. The van der Waals surface area contributed by atoms with Gasteiger partial charge in [0, 0.05) is 5.69 Å². The van der Waals surface area contributed by atoms with Gasteiger partial charge in [-0.15, -0.1) is 0 Å². The lowest BCUT2D eigenvalue weighted by molar-refractivity contribution is 1.26. The zero-order valence-electron chi connectivity index (χ0n) is 14.6. The molecule has 26 heavy (non-hydrogen) atoms. The van der Waals surface area contributed by atoms with Crippen LogP contribution in [0.5, 0.6) is 0 Å². The highest BCUT2D eigenvalue weighted by Gasteiger charge is 2.20. The van der Waals surface area contributed by atoms with Crippen molar-refractivity contribution in [3.05, 3.63) is 114 Å². The quantitative estimate of drug-likeness (QED) is 0.363. The van der Waals surface area contributed by atoms with E-state index in [0.29, 0.717) is 0 Å². The van der Waals surface area contributed by atoms with E-state index < -0.39 is 0 Å². The van der Waals surface area contributed by atoms with Crippen molar-refractivity contribution in [2.24, 2.45) is 0 Å². The smallest absolute Gasteiger partial charge is 0.0314 e. The fraction of sp³-hybridized carbons (Fsp3) is 0.0400. The first-order valence-corrected chi connectivity index (χ1v) is 8.89. The van der Waals surface area contributed by atoms with E-state index in [2.05, 4.69) is 54.6 Å². The third-order valence-corrected chi connectivity index (χ3v) is 4.74. The first-order chi connectivity index (χ1) is 12.8. The lowest BCUT2D eigenvalue weighted by Crippen LogP contribution is -1.89. The Morgan fingerprint density at radius 1 is 0.500 bits per heavy atom. The second kappa shape index (κ2) is 7.28. The average Bonchev–Trinajstić information content (AvgIpc) is 3.09. The maximum atomic E-state index is 5.79. The Hall–Kier alpha value is -3.32. The van der Waals surface area contributed by atoms with Gasteiger partial charge in [-0.2, -0.15) is 0 Å². The average molecular weight is 335 g/mol. The summed E-state index contributed by atoms with van der Waals surface area (Å²) < 4.78 is 0. The fourth-order valence-corrected chi connectivity index (χ4v) is 3.48. The summed E-state index contributed by atoms with van der Waals surface area (Å²) in [4.78, 5) is 0. The summed E-state index contributed by atoms with van der Waals surface area (Å²) in [7, 11) is 0. The van der Waals surface area contributed by atoms with Crippen molar-refractivity contribution in [1.29, 1.82) is 0 Å². The van der Waals surface area contributed by atoms with Gasteiger partial charge in [0.2, 0.25) is 0 Å². The molecule has 0 fully saturated rings. The molecule has 4 aromatic rings. The molecule has 0 amide bonds. The molecule has 0 bridgehead atoms. The predicted molar refractivity (Wildman–Crippen MR) is 111 cm³/mol. The molecule has 5 rings (SSSR count). The molecular formula is C25H21N. The van der Waals surface area contributed by atoms with Gasteiger partial charge in [0.1, 0.15) is 0 Å². The maximum Gasteiger partial charge on any atom is 0.0314 e. The molecule has 0 radical (unpaired) electrons. The van der Waals surface area contributed by atoms with Crippen LogP contribution < -0.4 is 5.73 Å². The van der Waals surface area contributed by atoms with Crippen molar-refractivity contribution >= 4 is 5.69 Å². The number of anilines is 1. The molecule has 1 heteroatoms. The highest BCUT2D eigenvalue weighted by molar-refractivity contribution is 5.84. The summed E-state index contributed by atoms with van der Waals surface area (Å²) in [6, 6.07) is 35.4. The van der Waals surface area contributed by atoms with E-state index in [0.717, 1.165) is 12.1 Å². The zero-order chi connectivity index (χ0) is 17.8. The summed E-state index contributed by atoms with van der Waals surface area (Å²) >= 11 is 0. The van der Waals surface area contributed by atoms with Gasteiger partial charge in [0.05, 0.1) is 0 Å². The van der Waals surface area contributed by atoms with Crippen molar-refractivity contribution in [2.75, 3.05) is 5.73 Å². The predicted octanol–water partition coefficient (Wildman–Crippen LogP) is 6.19. The zero-order valence-corrected chi connectivity index (χ0v) is 14.6. The molecule has 4 aromatic carbocycles. The summed E-state index contributed by atoms with van der Waals surface area (Å²) in [5, 5.41) is 0. The van der Waals surface area contributed by atoms with Gasteiger partial charge in [-0.3, -0.25) is 0 Å². The number of nitrogen functional groups attached to an aromatic ring is 1. The Kier molecular flexibility index (Phi) is 4.53. The fourth-order valence-electron chi connectivity index (χ4n) is 3.48. The van der Waals surface area contributed by atoms with E-state index in [4.69, 9.17) is 5.73 Å². The van der Waals surface area contributed by atoms with Gasteiger partial charge >= 0.3 is 0 Å². The second-order valence-corrected chi connectivity index (χ2v) is 6.44. The lowest BCUT2D eigenvalue weighted by atomic mass is 9.96. The van der Waals surface area contributed by atoms with Crippen LogP contribution in [0.25, 0.3) is 22.3 Å². The van der Waals surface area contributed by atoms with Crippen LogP contribution in [0.4, 0.5) is 5.69 Å². The Labute approximate surface area is 154 Å². The molecule has 0 saturated heterocycles. The summed E-state index contributed by atoms with van der Waals surface area (Å²) in [6.45, 7) is 0. The monoisotopic (exact) mass is 335 g/mol. The van der Waals surface area contributed by atoms with Gasteiger partial charge < -0.3 is 5.73 Å². The van der Waals surface area contributed by atoms with Gasteiger partial charge in [-0.25, -0.2) is 0 Å². The van der Waals surface area contributed by atoms with E-state index in [9.17, 15) is 0 Å². The highest BCUT2D eigenvalue weighted by atomic mass is 14.5. The number of nitrogens with two attached hydrogens (primary N) is 1. The molecule has 0 atom stereocenters. The van der Waals surface area contributed by atoms with Crippen LogP contribution in [0.1, 0.15) is 11.1 Å². The van der Waals surface area contributed by atoms with Gasteiger partial charge in [0.15, 0.2) is 0 Å². The topological polar surface area (TPSA) is 26.0 Å². The molecule has 2 N–H and O–H groups in total. The third-order valence-electron chi connectivity index (χ3n) is 4.74. The van der Waals surface area contributed by atoms with E-state index in [-0.39, 0.29) is 0 Å². The number of fused-ring (bicyclic) bond motifs is 3. The Bertz CT molecular complexity index is 975. The van der Waals surface area contributed by atoms with Crippen LogP contribution in [0.15, 0.2) is 103 Å². The maximum absolute atomic E-state index is 5.79. The third kappa shape index (κ3) is 3.25. The van der Waals surface area contributed by atoms with Crippen molar-refractivity contribution in [1.82, 2.24) is 0 Å². The van der Waals surface area contributed by atoms with Crippen LogP contribution >= 0.6 is 0 Å². The van der Waals surface area contributed by atoms with Crippen LogP contribution in [-0.4, -0.2) is 0 Å². The van der Waals surface area contributed by atoms with E-state index in [1.165, 1.54) is 33.4 Å². The number of hydrogen-bond donors (Lipinski definition) is 1. The largest absolute Gasteiger partial charge is 0.399 e. The Balaban J connectivity index is 0.000000240. The standard InChI is InChI=1S/C19H15N.C6H6/c20-15-10-8-13(9-11-15)16-6-3-7-18-17-5-2-1-4-14(17)12-19(16)18;1-2-4-6-5-3-1/h1-11H,12,20H2;1-6H. The highest BCUT2D eigenvalue weighted by Crippen LogP contribution is 2.41. The van der Waals surface area contributed by atoms with E-state index in [1.807, 2.05) is 48.5 Å². The molecular weight excluding hydrogens is 314 g/mol. The lowest BCUT2D eigenvalue weighted by Gasteiger charge is -2.09. The number of rotatable bonds is 1. The minimum absolute atomic E-state index is 0.810. The van der Waals surface area contributed by atoms with E-state index >= 15 is 0 Å². The van der Waals surface area contributed by atoms with Gasteiger partial charge in [0.25, 0.3) is 0 Å². The second-order valence-electron chi connectivity index (χ2n) is 6.44. The molecule has 0 aliphatic heterocycles. The van der Waals surface area contributed by atoms with Crippen molar-refractivity contribution in [2.45, 2.75) is 6.42 Å². The first-order valence-electron chi connectivity index (χ1n) is 8.89. The Morgan fingerprint density at radius 3 is 1.77 bits per heavy atom. The van der Waals surface area contributed by atoms with Crippen molar-refractivity contribution in [3.8, 4) is 22.3 Å². The number of hydrogen-bond acceptors (Lipinski definition) is 1. The first kappa shape index (κ1) is 16.2. The minimum atomic E-state index is 0.810. The van der Waals surface area contributed by atoms with Crippen LogP contribution in [0.3, 0.4) is 0 Å². The van der Waals surface area contributed by atoms with Crippen molar-refractivity contribution in [3.63, 3.8) is 0 Å². The molecule has 1 aliphatic carbocycles. The molecule has 0 heterocycles. The molecule has 126 valence electrons. The van der Waals surface area contributed by atoms with Crippen LogP contribution in [0, 0.1) is 0 Å².